The van der Waals surface area contributed by atoms with Gasteiger partial charge in [-0.25, -0.2) is 13.2 Å². The smallest absolute Gasteiger partial charge is 0.267 e. The molecule has 0 heterocycles. The lowest BCUT2D eigenvalue weighted by atomic mass is 10.00. The Morgan fingerprint density at radius 2 is 2.00 bits per heavy atom. The van der Waals surface area contributed by atoms with Crippen LogP contribution in [-0.4, -0.2) is 11.8 Å². The van der Waals surface area contributed by atoms with E-state index in [1.165, 1.54) is 13.0 Å². The maximum absolute atomic E-state index is 13.1. The van der Waals surface area contributed by atoms with Gasteiger partial charge in [0.05, 0.1) is 11.6 Å². The van der Waals surface area contributed by atoms with Gasteiger partial charge in [0.2, 0.25) is 0 Å². The molecule has 1 unspecified atom stereocenters. The van der Waals surface area contributed by atoms with Crippen molar-refractivity contribution in [2.75, 3.05) is 0 Å². The third-order valence-electron chi connectivity index (χ3n) is 1.95. The van der Waals surface area contributed by atoms with Crippen LogP contribution >= 0.6 is 0 Å². The van der Waals surface area contributed by atoms with Gasteiger partial charge in [0.1, 0.15) is 5.82 Å². The summed E-state index contributed by atoms with van der Waals surface area (Å²) in [5.74, 6) is -1.78. The standard InChI is InChI=1S/C10H10F3NO/c1-5(14)9(15)6-3-2-4-7(11)8(6)10(12)13/h2-5,10H,14H2,1H3. The second-order valence-electron chi connectivity index (χ2n) is 3.15. The van der Waals surface area contributed by atoms with Gasteiger partial charge >= 0.3 is 0 Å². The molecular formula is C10H10F3NO. The normalized spacial score (nSPS) is 12.9. The molecule has 0 bridgehead atoms. The van der Waals surface area contributed by atoms with E-state index >= 15 is 0 Å². The molecule has 0 amide bonds. The lowest BCUT2D eigenvalue weighted by Crippen LogP contribution is -2.27. The van der Waals surface area contributed by atoms with E-state index in [-0.39, 0.29) is 5.56 Å². The van der Waals surface area contributed by atoms with Crippen molar-refractivity contribution >= 4 is 5.78 Å². The van der Waals surface area contributed by atoms with Crippen molar-refractivity contribution in [3.8, 4) is 0 Å². The number of carbonyl (C=O) groups is 1. The molecule has 0 fully saturated rings. The van der Waals surface area contributed by atoms with Crippen molar-refractivity contribution in [1.29, 1.82) is 0 Å². The van der Waals surface area contributed by atoms with Crippen molar-refractivity contribution in [3.63, 3.8) is 0 Å². The topological polar surface area (TPSA) is 43.1 Å². The fourth-order valence-electron chi connectivity index (χ4n) is 1.22. The van der Waals surface area contributed by atoms with Gasteiger partial charge in [0, 0.05) is 5.56 Å². The lowest BCUT2D eigenvalue weighted by Gasteiger charge is -2.10. The zero-order valence-corrected chi connectivity index (χ0v) is 8.01. The van der Waals surface area contributed by atoms with Crippen molar-refractivity contribution in [3.05, 3.63) is 35.1 Å². The molecule has 15 heavy (non-hydrogen) atoms. The summed E-state index contributed by atoms with van der Waals surface area (Å²) >= 11 is 0. The SMILES string of the molecule is CC(N)C(=O)c1cccc(F)c1C(F)F. The fourth-order valence-corrected chi connectivity index (χ4v) is 1.22. The van der Waals surface area contributed by atoms with Crippen LogP contribution in [0.4, 0.5) is 13.2 Å². The Morgan fingerprint density at radius 1 is 1.40 bits per heavy atom. The molecule has 5 heteroatoms. The molecule has 0 aliphatic rings. The predicted molar refractivity (Wildman–Crippen MR) is 49.3 cm³/mol. The highest BCUT2D eigenvalue weighted by Crippen LogP contribution is 2.26. The summed E-state index contributed by atoms with van der Waals surface area (Å²) < 4.78 is 38.0. The summed E-state index contributed by atoms with van der Waals surface area (Å²) in [5, 5.41) is 0. The summed E-state index contributed by atoms with van der Waals surface area (Å²) in [6, 6.07) is 2.32. The molecule has 1 aromatic carbocycles. The van der Waals surface area contributed by atoms with Gasteiger partial charge in [-0.2, -0.15) is 0 Å². The van der Waals surface area contributed by atoms with E-state index in [4.69, 9.17) is 5.73 Å². The fraction of sp³-hybridized carbons (Fsp3) is 0.300. The van der Waals surface area contributed by atoms with Gasteiger partial charge in [-0.1, -0.05) is 12.1 Å². The number of nitrogens with two attached hydrogens (primary N) is 1. The predicted octanol–water partition coefficient (Wildman–Crippen LogP) is 2.29. The van der Waals surface area contributed by atoms with Crippen LogP contribution in [0, 0.1) is 5.82 Å². The Labute approximate surface area is 84.9 Å². The van der Waals surface area contributed by atoms with E-state index in [9.17, 15) is 18.0 Å². The second kappa shape index (κ2) is 4.44. The van der Waals surface area contributed by atoms with Crippen LogP contribution in [0.5, 0.6) is 0 Å². The van der Waals surface area contributed by atoms with E-state index < -0.39 is 29.6 Å². The quantitative estimate of drug-likeness (QED) is 0.789. The van der Waals surface area contributed by atoms with Crippen LogP contribution in [0.15, 0.2) is 18.2 Å². The average Bonchev–Trinajstić information content (AvgIpc) is 2.15. The van der Waals surface area contributed by atoms with E-state index in [0.717, 1.165) is 12.1 Å². The number of halogens is 3. The zero-order chi connectivity index (χ0) is 11.6. The number of carbonyl (C=O) groups excluding carboxylic acids is 1. The number of hydrogen-bond acceptors (Lipinski definition) is 2. The summed E-state index contributed by atoms with van der Waals surface area (Å²) in [6.07, 6.45) is -3.02. The summed E-state index contributed by atoms with van der Waals surface area (Å²) in [6.45, 7) is 1.36. The van der Waals surface area contributed by atoms with Gasteiger partial charge in [0.25, 0.3) is 6.43 Å². The minimum absolute atomic E-state index is 0.347. The van der Waals surface area contributed by atoms with E-state index in [1.807, 2.05) is 0 Å². The molecule has 0 saturated heterocycles. The molecule has 0 spiro atoms. The Bertz CT molecular complexity index is 377. The zero-order valence-electron chi connectivity index (χ0n) is 8.01. The highest BCUT2D eigenvalue weighted by atomic mass is 19.3. The highest BCUT2D eigenvalue weighted by molar-refractivity contribution is 6.01. The van der Waals surface area contributed by atoms with Crippen LogP contribution in [0.25, 0.3) is 0 Å². The van der Waals surface area contributed by atoms with Crippen LogP contribution in [0.3, 0.4) is 0 Å². The molecule has 1 atom stereocenters. The van der Waals surface area contributed by atoms with Crippen LogP contribution < -0.4 is 5.73 Å². The maximum Gasteiger partial charge on any atom is 0.267 e. The first kappa shape index (κ1) is 11.7. The Hall–Kier alpha value is -1.36. The molecule has 2 N–H and O–H groups in total. The molecule has 1 rings (SSSR count). The number of alkyl halides is 2. The minimum atomic E-state index is -3.02. The first-order valence-electron chi connectivity index (χ1n) is 4.31. The van der Waals surface area contributed by atoms with Crippen LogP contribution in [0.2, 0.25) is 0 Å². The van der Waals surface area contributed by atoms with Gasteiger partial charge in [-0.05, 0) is 13.0 Å². The van der Waals surface area contributed by atoms with Crippen molar-refractivity contribution in [1.82, 2.24) is 0 Å². The molecule has 0 aliphatic carbocycles. The molecule has 0 saturated carbocycles. The van der Waals surface area contributed by atoms with Crippen molar-refractivity contribution in [2.45, 2.75) is 19.4 Å². The third kappa shape index (κ3) is 2.36. The van der Waals surface area contributed by atoms with Gasteiger partial charge in [0.15, 0.2) is 5.78 Å². The van der Waals surface area contributed by atoms with Crippen molar-refractivity contribution < 1.29 is 18.0 Å². The first-order chi connectivity index (χ1) is 6.95. The summed E-state index contributed by atoms with van der Waals surface area (Å²) in [5.41, 5.74) is 4.05. The van der Waals surface area contributed by atoms with Crippen LogP contribution in [-0.2, 0) is 0 Å². The molecule has 0 radical (unpaired) electrons. The van der Waals surface area contributed by atoms with Gasteiger partial charge in [-0.3, -0.25) is 4.79 Å². The Kier molecular flexibility index (Phi) is 3.47. The van der Waals surface area contributed by atoms with Crippen molar-refractivity contribution in [2.24, 2.45) is 5.73 Å². The van der Waals surface area contributed by atoms with Gasteiger partial charge in [-0.15, -0.1) is 0 Å². The molecular weight excluding hydrogens is 207 g/mol. The maximum atomic E-state index is 13.1. The summed E-state index contributed by atoms with van der Waals surface area (Å²) in [4.78, 5) is 11.4. The highest BCUT2D eigenvalue weighted by Gasteiger charge is 2.23. The third-order valence-corrected chi connectivity index (χ3v) is 1.95. The van der Waals surface area contributed by atoms with E-state index in [1.54, 1.807) is 0 Å². The monoisotopic (exact) mass is 217 g/mol. The van der Waals surface area contributed by atoms with Crippen LogP contribution in [0.1, 0.15) is 29.3 Å². The summed E-state index contributed by atoms with van der Waals surface area (Å²) in [7, 11) is 0. The molecule has 0 aliphatic heterocycles. The number of benzene rings is 1. The number of rotatable bonds is 3. The largest absolute Gasteiger partial charge is 0.321 e. The Morgan fingerprint density at radius 3 is 2.47 bits per heavy atom. The van der Waals surface area contributed by atoms with E-state index in [2.05, 4.69) is 0 Å². The number of hydrogen-bond donors (Lipinski definition) is 1. The lowest BCUT2D eigenvalue weighted by molar-refractivity contribution is 0.0951. The molecule has 82 valence electrons. The Balaban J connectivity index is 3.29. The molecule has 0 aromatic heterocycles. The second-order valence-corrected chi connectivity index (χ2v) is 3.15. The first-order valence-corrected chi connectivity index (χ1v) is 4.31. The molecule has 1 aromatic rings. The van der Waals surface area contributed by atoms with E-state index in [0.29, 0.717) is 0 Å². The average molecular weight is 217 g/mol. The van der Waals surface area contributed by atoms with Gasteiger partial charge < -0.3 is 5.73 Å². The number of ketones is 1. The molecule has 2 nitrogen and oxygen atoms in total. The minimum Gasteiger partial charge on any atom is -0.321 e. The number of Topliss-reactive ketones (excluding diaryl/α,β-unsaturated/α-hetero) is 1.